The second kappa shape index (κ2) is 4.23. The first-order valence-electron chi connectivity index (χ1n) is 7.09. The first kappa shape index (κ1) is 11.6. The van der Waals surface area contributed by atoms with Crippen molar-refractivity contribution in [2.24, 2.45) is 0 Å². The van der Waals surface area contributed by atoms with Gasteiger partial charge in [0.1, 0.15) is 18.0 Å². The van der Waals surface area contributed by atoms with Crippen LogP contribution in [-0.4, -0.2) is 47.9 Å². The third-order valence-electron chi connectivity index (χ3n) is 4.11. The van der Waals surface area contributed by atoms with Gasteiger partial charge in [-0.3, -0.25) is 9.50 Å². The number of nitrogens with one attached hydrogen (secondary N) is 1. The van der Waals surface area contributed by atoms with E-state index in [4.69, 9.17) is 0 Å². The molecule has 0 aliphatic carbocycles. The fourth-order valence-electron chi connectivity index (χ4n) is 2.96. The molecule has 22 heavy (non-hydrogen) atoms. The molecule has 4 aromatic heterocycles. The van der Waals surface area contributed by atoms with Gasteiger partial charge in [-0.05, 0) is 12.1 Å². The van der Waals surface area contributed by atoms with Gasteiger partial charge < -0.3 is 4.90 Å². The number of hydrogen-bond donors (Lipinski definition) is 1. The quantitative estimate of drug-likeness (QED) is 0.593. The van der Waals surface area contributed by atoms with Crippen LogP contribution < -0.4 is 4.90 Å². The molecule has 0 saturated carbocycles. The third kappa shape index (κ3) is 1.54. The average molecular weight is 292 g/mol. The van der Waals surface area contributed by atoms with Crippen LogP contribution in [0.1, 0.15) is 11.7 Å². The summed E-state index contributed by atoms with van der Waals surface area (Å²) in [4.78, 5) is 10.8. The summed E-state index contributed by atoms with van der Waals surface area (Å²) in [6.07, 6.45) is 5.34. The molecule has 0 spiro atoms. The van der Waals surface area contributed by atoms with Crippen molar-refractivity contribution >= 4 is 22.5 Å². The van der Waals surface area contributed by atoms with Crippen LogP contribution >= 0.6 is 0 Å². The van der Waals surface area contributed by atoms with Gasteiger partial charge in [-0.2, -0.15) is 5.10 Å². The lowest BCUT2D eigenvalue weighted by Gasteiger charge is -2.39. The van der Waals surface area contributed by atoms with Crippen LogP contribution in [0, 0.1) is 0 Å². The highest BCUT2D eigenvalue weighted by Gasteiger charge is 2.33. The summed E-state index contributed by atoms with van der Waals surface area (Å²) in [5, 5.41) is 16.4. The Morgan fingerprint density at radius 1 is 1.14 bits per heavy atom. The first-order valence-corrected chi connectivity index (χ1v) is 7.09. The zero-order valence-corrected chi connectivity index (χ0v) is 11.6. The van der Waals surface area contributed by atoms with Crippen LogP contribution in [0.4, 0.5) is 5.82 Å². The number of hydrogen-bond acceptors (Lipinski definition) is 6. The molecule has 0 atom stereocenters. The standard InChI is InChI=1S/C14H12N8/c1-2-4-22-11(3-1)18-20-13(22)9-6-21(7-9)14-10-5-17-19-12(10)15-8-16-14/h1-5,8-9H,6-7H2,(H,15,16,17,19). The molecular weight excluding hydrogens is 280 g/mol. The molecule has 0 amide bonds. The van der Waals surface area contributed by atoms with Crippen LogP contribution in [0.3, 0.4) is 0 Å². The molecule has 4 aromatic rings. The number of anilines is 1. The molecule has 108 valence electrons. The number of fused-ring (bicyclic) bond motifs is 2. The number of rotatable bonds is 2. The van der Waals surface area contributed by atoms with Crippen molar-refractivity contribution in [3.63, 3.8) is 0 Å². The van der Waals surface area contributed by atoms with Gasteiger partial charge >= 0.3 is 0 Å². The maximum atomic E-state index is 4.39. The lowest BCUT2D eigenvalue weighted by atomic mass is 9.99. The minimum absolute atomic E-state index is 0.356. The number of H-pyrrole nitrogens is 1. The predicted molar refractivity (Wildman–Crippen MR) is 79.6 cm³/mol. The minimum atomic E-state index is 0.356. The molecule has 1 aliphatic rings. The van der Waals surface area contributed by atoms with Crippen LogP contribution in [0.25, 0.3) is 16.7 Å². The summed E-state index contributed by atoms with van der Waals surface area (Å²) >= 11 is 0. The second-order valence-electron chi connectivity index (χ2n) is 5.42. The van der Waals surface area contributed by atoms with Gasteiger partial charge in [0, 0.05) is 19.3 Å². The molecule has 1 aliphatic heterocycles. The highest BCUT2D eigenvalue weighted by atomic mass is 15.3. The Morgan fingerprint density at radius 2 is 2.09 bits per heavy atom. The highest BCUT2D eigenvalue weighted by Crippen LogP contribution is 2.32. The molecule has 1 saturated heterocycles. The van der Waals surface area contributed by atoms with E-state index in [0.29, 0.717) is 5.92 Å². The topological polar surface area (TPSA) is 87.9 Å². The first-order chi connectivity index (χ1) is 10.9. The van der Waals surface area contributed by atoms with Crippen molar-refractivity contribution < 1.29 is 0 Å². The largest absolute Gasteiger partial charge is 0.354 e. The van der Waals surface area contributed by atoms with E-state index in [1.54, 1.807) is 12.5 Å². The van der Waals surface area contributed by atoms with E-state index in [1.807, 2.05) is 24.4 Å². The summed E-state index contributed by atoms with van der Waals surface area (Å²) in [5.74, 6) is 2.28. The summed E-state index contributed by atoms with van der Waals surface area (Å²) in [7, 11) is 0. The fourth-order valence-corrected chi connectivity index (χ4v) is 2.96. The Kier molecular flexibility index (Phi) is 2.23. The zero-order valence-electron chi connectivity index (χ0n) is 11.6. The number of aromatic amines is 1. The second-order valence-corrected chi connectivity index (χ2v) is 5.42. The van der Waals surface area contributed by atoms with E-state index in [-0.39, 0.29) is 0 Å². The van der Waals surface area contributed by atoms with Crippen LogP contribution in [0.5, 0.6) is 0 Å². The van der Waals surface area contributed by atoms with Crippen molar-refractivity contribution in [2.45, 2.75) is 5.92 Å². The summed E-state index contributed by atoms with van der Waals surface area (Å²) in [6, 6.07) is 5.93. The molecule has 0 unspecified atom stereocenters. The molecule has 8 heteroatoms. The van der Waals surface area contributed by atoms with Crippen molar-refractivity contribution in [3.8, 4) is 0 Å². The molecule has 0 bridgehead atoms. The van der Waals surface area contributed by atoms with E-state index in [1.165, 1.54) is 0 Å². The Balaban J connectivity index is 1.46. The van der Waals surface area contributed by atoms with Crippen LogP contribution in [0.15, 0.2) is 36.9 Å². The maximum Gasteiger partial charge on any atom is 0.160 e. The smallest absolute Gasteiger partial charge is 0.160 e. The molecule has 0 radical (unpaired) electrons. The van der Waals surface area contributed by atoms with Crippen molar-refractivity contribution in [1.82, 2.24) is 34.8 Å². The third-order valence-corrected chi connectivity index (χ3v) is 4.11. The minimum Gasteiger partial charge on any atom is -0.354 e. The molecule has 5 rings (SSSR count). The van der Waals surface area contributed by atoms with E-state index in [0.717, 1.165) is 41.4 Å². The summed E-state index contributed by atoms with van der Waals surface area (Å²) in [6.45, 7) is 1.74. The van der Waals surface area contributed by atoms with Crippen molar-refractivity contribution in [1.29, 1.82) is 0 Å². The van der Waals surface area contributed by atoms with Gasteiger partial charge in [0.25, 0.3) is 0 Å². The predicted octanol–water partition coefficient (Wildman–Crippen LogP) is 0.999. The molecular formula is C14H12N8. The summed E-state index contributed by atoms with van der Waals surface area (Å²) in [5.41, 5.74) is 1.65. The van der Waals surface area contributed by atoms with Gasteiger partial charge in [-0.1, -0.05) is 6.07 Å². The maximum absolute atomic E-state index is 4.39. The van der Waals surface area contributed by atoms with Gasteiger partial charge in [-0.15, -0.1) is 10.2 Å². The fraction of sp³-hybridized carbons (Fsp3) is 0.214. The number of nitrogens with zero attached hydrogens (tertiary/aromatic N) is 7. The molecule has 5 heterocycles. The van der Waals surface area contributed by atoms with E-state index in [2.05, 4.69) is 39.7 Å². The molecule has 1 fully saturated rings. The summed E-state index contributed by atoms with van der Waals surface area (Å²) < 4.78 is 2.05. The van der Waals surface area contributed by atoms with E-state index in [9.17, 15) is 0 Å². The van der Waals surface area contributed by atoms with Crippen LogP contribution in [-0.2, 0) is 0 Å². The van der Waals surface area contributed by atoms with E-state index >= 15 is 0 Å². The number of pyridine rings is 1. The number of aromatic nitrogens is 7. The SMILES string of the molecule is c1ccn2c(C3CN(c4ncnc5[nH]ncc45)C3)nnc2c1. The molecule has 0 aromatic carbocycles. The van der Waals surface area contributed by atoms with Gasteiger partial charge in [0.15, 0.2) is 11.3 Å². The van der Waals surface area contributed by atoms with Gasteiger partial charge in [0.2, 0.25) is 0 Å². The average Bonchev–Trinajstić information content (AvgIpc) is 3.13. The normalized spacial score (nSPS) is 15.5. The molecule has 1 N–H and O–H groups in total. The Morgan fingerprint density at radius 3 is 3.05 bits per heavy atom. The zero-order chi connectivity index (χ0) is 14.5. The van der Waals surface area contributed by atoms with Crippen molar-refractivity contribution in [2.75, 3.05) is 18.0 Å². The van der Waals surface area contributed by atoms with Crippen molar-refractivity contribution in [3.05, 3.63) is 42.7 Å². The highest BCUT2D eigenvalue weighted by molar-refractivity contribution is 5.86. The lowest BCUT2D eigenvalue weighted by Crippen LogP contribution is -2.46. The van der Waals surface area contributed by atoms with Crippen LogP contribution in [0.2, 0.25) is 0 Å². The Labute approximate surface area is 124 Å². The lowest BCUT2D eigenvalue weighted by molar-refractivity contribution is 0.494. The monoisotopic (exact) mass is 292 g/mol. The van der Waals surface area contributed by atoms with E-state index < -0.39 is 0 Å². The Bertz CT molecular complexity index is 965. The Hall–Kier alpha value is -3.03. The van der Waals surface area contributed by atoms with Gasteiger partial charge in [0.05, 0.1) is 17.5 Å². The van der Waals surface area contributed by atoms with Gasteiger partial charge in [-0.25, -0.2) is 9.97 Å². The molecule has 8 nitrogen and oxygen atoms in total.